The molecule has 90 valence electrons. The minimum Gasteiger partial charge on any atom is -0.300 e. The zero-order valence-electron chi connectivity index (χ0n) is 8.92. The van der Waals surface area contributed by atoms with E-state index in [1.54, 1.807) is 6.92 Å². The molecule has 0 aliphatic carbocycles. The van der Waals surface area contributed by atoms with Crippen molar-refractivity contribution in [1.29, 1.82) is 0 Å². The SMILES string of the molecule is CCC(=O)CCCn1cc(C(F)(F)F)cn1. The zero-order valence-corrected chi connectivity index (χ0v) is 8.92. The van der Waals surface area contributed by atoms with Gasteiger partial charge in [0.1, 0.15) is 5.78 Å². The van der Waals surface area contributed by atoms with E-state index in [4.69, 9.17) is 0 Å². The number of nitrogens with zero attached hydrogens (tertiary/aromatic N) is 2. The summed E-state index contributed by atoms with van der Waals surface area (Å²) >= 11 is 0. The summed E-state index contributed by atoms with van der Waals surface area (Å²) in [5.74, 6) is 0.114. The molecule has 0 N–H and O–H groups in total. The maximum atomic E-state index is 12.2. The van der Waals surface area contributed by atoms with E-state index in [2.05, 4.69) is 5.10 Å². The molecule has 1 aromatic rings. The topological polar surface area (TPSA) is 34.9 Å². The second-order valence-corrected chi connectivity index (χ2v) is 3.49. The standard InChI is InChI=1S/C10H13F3N2O/c1-2-9(16)4-3-5-15-7-8(6-14-15)10(11,12)13/h6-7H,2-5H2,1H3. The number of hydrogen-bond donors (Lipinski definition) is 0. The predicted octanol–water partition coefficient (Wildman–Crippen LogP) is 2.66. The average Bonchev–Trinajstić information content (AvgIpc) is 2.65. The molecule has 16 heavy (non-hydrogen) atoms. The maximum absolute atomic E-state index is 12.2. The first-order valence-electron chi connectivity index (χ1n) is 5.05. The normalized spacial score (nSPS) is 11.8. The third-order valence-corrected chi connectivity index (χ3v) is 2.20. The third kappa shape index (κ3) is 3.67. The van der Waals surface area contributed by atoms with Crippen molar-refractivity contribution in [3.05, 3.63) is 18.0 Å². The Morgan fingerprint density at radius 2 is 2.19 bits per heavy atom. The largest absolute Gasteiger partial charge is 0.419 e. The van der Waals surface area contributed by atoms with Gasteiger partial charge in [-0.2, -0.15) is 18.3 Å². The molecule has 0 spiro atoms. The van der Waals surface area contributed by atoms with Gasteiger partial charge < -0.3 is 0 Å². The van der Waals surface area contributed by atoms with Crippen molar-refractivity contribution in [2.45, 2.75) is 38.9 Å². The molecule has 0 saturated carbocycles. The first-order chi connectivity index (χ1) is 7.43. The molecule has 0 fully saturated rings. The molecule has 0 aliphatic rings. The van der Waals surface area contributed by atoms with Gasteiger partial charge in [0.2, 0.25) is 0 Å². The van der Waals surface area contributed by atoms with E-state index in [9.17, 15) is 18.0 Å². The Labute approximate surface area is 91.3 Å². The van der Waals surface area contributed by atoms with Gasteiger partial charge >= 0.3 is 6.18 Å². The fourth-order valence-electron chi connectivity index (χ4n) is 1.25. The maximum Gasteiger partial charge on any atom is 0.419 e. The van der Waals surface area contributed by atoms with Gasteiger partial charge in [0.25, 0.3) is 0 Å². The minimum atomic E-state index is -4.35. The summed E-state index contributed by atoms with van der Waals surface area (Å²) in [4.78, 5) is 11.0. The Bertz CT molecular complexity index is 357. The average molecular weight is 234 g/mol. The van der Waals surface area contributed by atoms with Crippen LogP contribution >= 0.6 is 0 Å². The lowest BCUT2D eigenvalue weighted by Crippen LogP contribution is -2.04. The number of aryl methyl sites for hydroxylation is 1. The van der Waals surface area contributed by atoms with Crippen LogP contribution in [0.5, 0.6) is 0 Å². The van der Waals surface area contributed by atoms with Crippen molar-refractivity contribution >= 4 is 5.78 Å². The van der Waals surface area contributed by atoms with Gasteiger partial charge in [-0.15, -0.1) is 0 Å². The summed E-state index contributed by atoms with van der Waals surface area (Å²) < 4.78 is 37.8. The van der Waals surface area contributed by atoms with Gasteiger partial charge in [0, 0.05) is 25.6 Å². The molecule has 3 nitrogen and oxygen atoms in total. The zero-order chi connectivity index (χ0) is 12.2. The fourth-order valence-corrected chi connectivity index (χ4v) is 1.25. The van der Waals surface area contributed by atoms with Crippen LogP contribution in [0.1, 0.15) is 31.7 Å². The van der Waals surface area contributed by atoms with Crippen molar-refractivity contribution in [2.24, 2.45) is 0 Å². The van der Waals surface area contributed by atoms with Crippen LogP contribution in [0.15, 0.2) is 12.4 Å². The van der Waals surface area contributed by atoms with Crippen molar-refractivity contribution in [2.75, 3.05) is 0 Å². The lowest BCUT2D eigenvalue weighted by Gasteiger charge is -2.02. The Morgan fingerprint density at radius 3 is 2.69 bits per heavy atom. The number of hydrogen-bond acceptors (Lipinski definition) is 2. The monoisotopic (exact) mass is 234 g/mol. The van der Waals surface area contributed by atoms with E-state index in [0.717, 1.165) is 12.4 Å². The van der Waals surface area contributed by atoms with Crippen LogP contribution in [0.3, 0.4) is 0 Å². The van der Waals surface area contributed by atoms with Gasteiger partial charge in [0.05, 0.1) is 11.8 Å². The summed E-state index contributed by atoms with van der Waals surface area (Å²) in [6.07, 6.45) is -1.23. The van der Waals surface area contributed by atoms with Gasteiger partial charge in [-0.05, 0) is 6.42 Å². The van der Waals surface area contributed by atoms with Crippen LogP contribution in [0, 0.1) is 0 Å². The minimum absolute atomic E-state index is 0.114. The molecule has 0 aromatic carbocycles. The van der Waals surface area contributed by atoms with Gasteiger partial charge in [0.15, 0.2) is 0 Å². The molecular weight excluding hydrogens is 221 g/mol. The van der Waals surface area contributed by atoms with E-state index in [0.29, 0.717) is 25.8 Å². The molecule has 0 unspecified atom stereocenters. The van der Waals surface area contributed by atoms with E-state index in [-0.39, 0.29) is 5.78 Å². The van der Waals surface area contributed by atoms with Gasteiger partial charge in [-0.25, -0.2) is 0 Å². The lowest BCUT2D eigenvalue weighted by molar-refractivity contribution is -0.137. The van der Waals surface area contributed by atoms with Crippen LogP contribution < -0.4 is 0 Å². The number of ketones is 1. The summed E-state index contributed by atoms with van der Waals surface area (Å²) in [6, 6.07) is 0. The number of rotatable bonds is 5. The molecule has 0 atom stereocenters. The van der Waals surface area contributed by atoms with Crippen LogP contribution in [0.25, 0.3) is 0 Å². The highest BCUT2D eigenvalue weighted by Gasteiger charge is 2.32. The number of aromatic nitrogens is 2. The summed E-state index contributed by atoms with van der Waals surface area (Å²) in [5, 5.41) is 3.59. The van der Waals surface area contributed by atoms with Crippen LogP contribution in [0.2, 0.25) is 0 Å². The first-order valence-corrected chi connectivity index (χ1v) is 5.05. The molecule has 1 aromatic heterocycles. The van der Waals surface area contributed by atoms with E-state index in [1.165, 1.54) is 4.68 Å². The van der Waals surface area contributed by atoms with Crippen molar-refractivity contribution in [1.82, 2.24) is 9.78 Å². The lowest BCUT2D eigenvalue weighted by atomic mass is 10.2. The van der Waals surface area contributed by atoms with E-state index >= 15 is 0 Å². The van der Waals surface area contributed by atoms with Crippen LogP contribution in [-0.2, 0) is 17.5 Å². The number of carbonyl (C=O) groups is 1. The molecule has 1 rings (SSSR count). The molecule has 0 saturated heterocycles. The van der Waals surface area contributed by atoms with E-state index < -0.39 is 11.7 Å². The molecule has 0 aliphatic heterocycles. The van der Waals surface area contributed by atoms with Crippen molar-refractivity contribution in [3.8, 4) is 0 Å². The smallest absolute Gasteiger partial charge is 0.300 e. The van der Waals surface area contributed by atoms with Crippen molar-refractivity contribution in [3.63, 3.8) is 0 Å². The van der Waals surface area contributed by atoms with E-state index in [1.807, 2.05) is 0 Å². The number of Topliss-reactive ketones (excluding diaryl/α,β-unsaturated/α-hetero) is 1. The second kappa shape index (κ2) is 5.14. The molecule has 0 amide bonds. The Hall–Kier alpha value is -1.33. The fraction of sp³-hybridized carbons (Fsp3) is 0.600. The summed E-state index contributed by atoms with van der Waals surface area (Å²) in [7, 11) is 0. The van der Waals surface area contributed by atoms with Crippen molar-refractivity contribution < 1.29 is 18.0 Å². The number of halogens is 3. The molecular formula is C10H13F3N2O. The second-order valence-electron chi connectivity index (χ2n) is 3.49. The van der Waals surface area contributed by atoms with Crippen LogP contribution in [0.4, 0.5) is 13.2 Å². The van der Waals surface area contributed by atoms with Gasteiger partial charge in [-0.1, -0.05) is 6.92 Å². The first kappa shape index (κ1) is 12.7. The Morgan fingerprint density at radius 1 is 1.50 bits per heavy atom. The Balaban J connectivity index is 2.44. The molecule has 6 heteroatoms. The summed E-state index contributed by atoms with van der Waals surface area (Å²) in [5.41, 5.74) is -0.755. The summed E-state index contributed by atoms with van der Waals surface area (Å²) in [6.45, 7) is 2.10. The highest BCUT2D eigenvalue weighted by Crippen LogP contribution is 2.28. The highest BCUT2D eigenvalue weighted by atomic mass is 19.4. The molecule has 0 bridgehead atoms. The number of alkyl halides is 3. The predicted molar refractivity (Wildman–Crippen MR) is 51.8 cm³/mol. The van der Waals surface area contributed by atoms with Gasteiger partial charge in [-0.3, -0.25) is 9.48 Å². The Kier molecular flexibility index (Phi) is 4.09. The molecule has 0 radical (unpaired) electrons. The molecule has 1 heterocycles. The quantitative estimate of drug-likeness (QED) is 0.785. The number of carbonyl (C=O) groups excluding carboxylic acids is 1. The third-order valence-electron chi connectivity index (χ3n) is 2.20. The van der Waals surface area contributed by atoms with Crippen LogP contribution in [-0.4, -0.2) is 15.6 Å². The highest BCUT2D eigenvalue weighted by molar-refractivity contribution is 5.77.